The summed E-state index contributed by atoms with van der Waals surface area (Å²) in [6, 6.07) is 11.8. The molecule has 2 amide bonds. The summed E-state index contributed by atoms with van der Waals surface area (Å²) >= 11 is 0. The van der Waals surface area contributed by atoms with Gasteiger partial charge in [-0.25, -0.2) is 4.79 Å². The van der Waals surface area contributed by atoms with Gasteiger partial charge in [0.1, 0.15) is 5.75 Å². The number of hydrogen-bond acceptors (Lipinski definition) is 6. The van der Waals surface area contributed by atoms with Gasteiger partial charge in [0, 0.05) is 55.4 Å². The van der Waals surface area contributed by atoms with Crippen LogP contribution < -0.4 is 19.1 Å². The Morgan fingerprint density at radius 1 is 0.946 bits per heavy atom. The molecule has 1 aromatic heterocycles. The minimum absolute atomic E-state index is 0.0287. The summed E-state index contributed by atoms with van der Waals surface area (Å²) < 4.78 is 17.2. The lowest BCUT2D eigenvalue weighted by atomic mass is 10.1. The van der Waals surface area contributed by atoms with Gasteiger partial charge in [-0.15, -0.1) is 0 Å². The molecule has 0 N–H and O–H groups in total. The molecule has 0 saturated carbocycles. The van der Waals surface area contributed by atoms with Crippen LogP contribution in [0.3, 0.4) is 0 Å². The number of carbonyl (C=O) groups excluding carboxylic acids is 1. The number of benzene rings is 2. The largest absolute Gasteiger partial charge is 0.496 e. The Morgan fingerprint density at radius 3 is 2.57 bits per heavy atom. The van der Waals surface area contributed by atoms with Gasteiger partial charge in [-0.05, 0) is 36.6 Å². The van der Waals surface area contributed by atoms with Gasteiger partial charge in [0.25, 0.3) is 0 Å². The van der Waals surface area contributed by atoms with E-state index in [1.165, 1.54) is 0 Å². The van der Waals surface area contributed by atoms with Gasteiger partial charge in [0.2, 0.25) is 0 Å². The molecular weight excluding hydrogens is 468 g/mol. The maximum atomic E-state index is 13.5. The maximum Gasteiger partial charge on any atom is 0.324 e. The number of methoxy groups -OCH3 is 2. The minimum atomic E-state index is -0.0287. The normalized spacial score (nSPS) is 13.5. The van der Waals surface area contributed by atoms with E-state index in [9.17, 15) is 4.79 Å². The Labute approximate surface area is 219 Å². The van der Waals surface area contributed by atoms with Crippen molar-refractivity contribution in [2.75, 3.05) is 38.8 Å². The molecule has 2 heterocycles. The van der Waals surface area contributed by atoms with Crippen LogP contribution in [0.4, 0.5) is 10.5 Å². The number of anilines is 1. The van der Waals surface area contributed by atoms with Crippen LogP contribution in [0.5, 0.6) is 17.2 Å². The predicted molar refractivity (Wildman–Crippen MR) is 144 cm³/mol. The van der Waals surface area contributed by atoms with E-state index in [2.05, 4.69) is 23.0 Å². The number of urea groups is 1. The standard InChI is InChI=1S/C29H36N4O4/c1-4-5-6-16-37-28-19-25(10-11-26(28)35-2)33-15-7-14-32(29(33)34)21-23-9-8-22(18-27(23)36-3)17-24-20-30-12-13-31-24/h8-13,18-20H,4-7,14-17,21H2,1-3H3. The summed E-state index contributed by atoms with van der Waals surface area (Å²) in [4.78, 5) is 25.7. The highest BCUT2D eigenvalue weighted by molar-refractivity contribution is 5.93. The Kier molecular flexibility index (Phi) is 9.18. The number of carbonyl (C=O) groups is 1. The predicted octanol–water partition coefficient (Wildman–Crippen LogP) is 5.49. The molecule has 8 nitrogen and oxygen atoms in total. The van der Waals surface area contributed by atoms with Crippen LogP contribution >= 0.6 is 0 Å². The van der Waals surface area contributed by atoms with E-state index < -0.39 is 0 Å². The number of unbranched alkanes of at least 4 members (excludes halogenated alkanes) is 2. The topological polar surface area (TPSA) is 77.0 Å². The lowest BCUT2D eigenvalue weighted by Gasteiger charge is -2.36. The van der Waals surface area contributed by atoms with Crippen LogP contribution in [-0.2, 0) is 13.0 Å². The summed E-state index contributed by atoms with van der Waals surface area (Å²) in [5.41, 5.74) is 3.76. The second-order valence-corrected chi connectivity index (χ2v) is 9.12. The van der Waals surface area contributed by atoms with Crippen molar-refractivity contribution in [1.29, 1.82) is 0 Å². The summed E-state index contributed by atoms with van der Waals surface area (Å²) in [6.07, 6.45) is 9.90. The average molecular weight is 505 g/mol. The number of aromatic nitrogens is 2. The Hall–Kier alpha value is -3.81. The third kappa shape index (κ3) is 6.70. The molecule has 0 aliphatic carbocycles. The first-order valence-corrected chi connectivity index (χ1v) is 12.9. The quantitative estimate of drug-likeness (QED) is 0.304. The van der Waals surface area contributed by atoms with E-state index in [0.717, 1.165) is 53.9 Å². The molecule has 0 atom stereocenters. The fourth-order valence-electron chi connectivity index (χ4n) is 4.51. The van der Waals surface area contributed by atoms with E-state index >= 15 is 0 Å². The SMILES string of the molecule is CCCCCOc1cc(N2CCCN(Cc3ccc(Cc4cnccn4)cc3OC)C2=O)ccc1OC. The molecule has 1 aliphatic heterocycles. The molecule has 196 valence electrons. The molecular formula is C29H36N4O4. The summed E-state index contributed by atoms with van der Waals surface area (Å²) in [6.45, 7) is 4.61. The molecule has 3 aromatic rings. The molecule has 1 aliphatic rings. The first-order chi connectivity index (χ1) is 18.1. The lowest BCUT2D eigenvalue weighted by Crippen LogP contribution is -2.49. The van der Waals surface area contributed by atoms with Gasteiger partial charge in [0.15, 0.2) is 11.5 Å². The zero-order valence-corrected chi connectivity index (χ0v) is 22.0. The first-order valence-electron chi connectivity index (χ1n) is 12.9. The monoisotopic (exact) mass is 504 g/mol. The van der Waals surface area contributed by atoms with E-state index in [-0.39, 0.29) is 6.03 Å². The highest BCUT2D eigenvalue weighted by Crippen LogP contribution is 2.34. The molecule has 2 aromatic carbocycles. The third-order valence-corrected chi connectivity index (χ3v) is 6.49. The zero-order valence-electron chi connectivity index (χ0n) is 22.0. The smallest absolute Gasteiger partial charge is 0.324 e. The van der Waals surface area contributed by atoms with E-state index in [1.54, 1.807) is 32.8 Å². The average Bonchev–Trinajstić information content (AvgIpc) is 2.93. The molecule has 1 saturated heterocycles. The van der Waals surface area contributed by atoms with Crippen molar-refractivity contribution in [2.45, 2.75) is 45.6 Å². The van der Waals surface area contributed by atoms with Crippen molar-refractivity contribution in [3.8, 4) is 17.2 Å². The highest BCUT2D eigenvalue weighted by Gasteiger charge is 2.28. The number of ether oxygens (including phenoxy) is 3. The number of nitrogens with zero attached hydrogens (tertiary/aromatic N) is 4. The Bertz CT molecular complexity index is 1170. The zero-order chi connectivity index (χ0) is 26.0. The van der Waals surface area contributed by atoms with Crippen molar-refractivity contribution in [1.82, 2.24) is 14.9 Å². The number of hydrogen-bond donors (Lipinski definition) is 0. The Balaban J connectivity index is 1.47. The molecule has 0 spiro atoms. The van der Waals surface area contributed by atoms with Crippen molar-refractivity contribution in [3.05, 3.63) is 71.8 Å². The van der Waals surface area contributed by atoms with Crippen LogP contribution in [-0.4, -0.2) is 54.8 Å². The maximum absolute atomic E-state index is 13.5. The van der Waals surface area contributed by atoms with Crippen LogP contribution in [0.2, 0.25) is 0 Å². The van der Waals surface area contributed by atoms with Crippen LogP contribution in [0.1, 0.15) is 49.4 Å². The summed E-state index contributed by atoms with van der Waals surface area (Å²) in [5.74, 6) is 2.10. The molecule has 37 heavy (non-hydrogen) atoms. The molecule has 0 radical (unpaired) electrons. The summed E-state index contributed by atoms with van der Waals surface area (Å²) in [5, 5.41) is 0. The van der Waals surface area contributed by atoms with Gasteiger partial charge in [-0.3, -0.25) is 14.9 Å². The second-order valence-electron chi connectivity index (χ2n) is 9.12. The van der Waals surface area contributed by atoms with E-state index in [4.69, 9.17) is 14.2 Å². The fraction of sp³-hybridized carbons (Fsp3) is 0.414. The fourth-order valence-corrected chi connectivity index (χ4v) is 4.51. The highest BCUT2D eigenvalue weighted by atomic mass is 16.5. The van der Waals surface area contributed by atoms with Crippen LogP contribution in [0.25, 0.3) is 0 Å². The van der Waals surface area contributed by atoms with Crippen LogP contribution in [0, 0.1) is 0 Å². The number of amides is 2. The van der Waals surface area contributed by atoms with Gasteiger partial charge in [0.05, 0.1) is 33.1 Å². The van der Waals surface area contributed by atoms with Crippen molar-refractivity contribution >= 4 is 11.7 Å². The van der Waals surface area contributed by atoms with Crippen LogP contribution in [0.15, 0.2) is 55.0 Å². The van der Waals surface area contributed by atoms with Crippen molar-refractivity contribution in [3.63, 3.8) is 0 Å². The van der Waals surface area contributed by atoms with E-state index in [1.807, 2.05) is 40.1 Å². The van der Waals surface area contributed by atoms with Crippen molar-refractivity contribution in [2.24, 2.45) is 0 Å². The lowest BCUT2D eigenvalue weighted by molar-refractivity contribution is 0.191. The van der Waals surface area contributed by atoms with Gasteiger partial charge in [-0.2, -0.15) is 0 Å². The summed E-state index contributed by atoms with van der Waals surface area (Å²) in [7, 11) is 3.29. The van der Waals surface area contributed by atoms with E-state index in [0.29, 0.717) is 44.2 Å². The second kappa shape index (κ2) is 12.9. The Morgan fingerprint density at radius 2 is 1.81 bits per heavy atom. The van der Waals surface area contributed by atoms with Crippen molar-refractivity contribution < 1.29 is 19.0 Å². The van der Waals surface area contributed by atoms with Gasteiger partial charge >= 0.3 is 6.03 Å². The molecule has 1 fully saturated rings. The molecule has 0 unspecified atom stereocenters. The van der Waals surface area contributed by atoms with Gasteiger partial charge in [-0.1, -0.05) is 31.9 Å². The third-order valence-electron chi connectivity index (χ3n) is 6.49. The minimum Gasteiger partial charge on any atom is -0.496 e. The molecule has 0 bridgehead atoms. The first kappa shape index (κ1) is 26.3. The number of rotatable bonds is 12. The molecule has 8 heteroatoms. The van der Waals surface area contributed by atoms with Gasteiger partial charge < -0.3 is 19.1 Å². The molecule has 4 rings (SSSR count).